The van der Waals surface area contributed by atoms with Crippen molar-refractivity contribution in [3.05, 3.63) is 35.9 Å². The number of rotatable bonds is 11. The zero-order valence-corrected chi connectivity index (χ0v) is 20.7. The van der Waals surface area contributed by atoms with Crippen molar-refractivity contribution >= 4 is 29.9 Å². The predicted octanol–water partition coefficient (Wildman–Crippen LogP) is 2.78. The van der Waals surface area contributed by atoms with Crippen molar-refractivity contribution in [3.8, 4) is 0 Å². The third-order valence-corrected chi connectivity index (χ3v) is 5.85. The lowest BCUT2D eigenvalue weighted by atomic mass is 10.1. The minimum absolute atomic E-state index is 0. The first-order valence-corrected chi connectivity index (χ1v) is 11.2. The van der Waals surface area contributed by atoms with Crippen molar-refractivity contribution in [1.29, 1.82) is 0 Å². The van der Waals surface area contributed by atoms with E-state index >= 15 is 0 Å². The fourth-order valence-electron chi connectivity index (χ4n) is 4.02. The summed E-state index contributed by atoms with van der Waals surface area (Å²) in [6.45, 7) is 8.77. The Morgan fingerprint density at radius 1 is 1.20 bits per heavy atom. The lowest BCUT2D eigenvalue weighted by Gasteiger charge is -2.17. The van der Waals surface area contributed by atoms with E-state index in [1.54, 1.807) is 0 Å². The Morgan fingerprint density at radius 3 is 2.83 bits per heavy atom. The maximum Gasteiger partial charge on any atom is 0.190 e. The second kappa shape index (κ2) is 15.0. The number of ether oxygens (including phenoxy) is 2. The molecule has 2 saturated heterocycles. The van der Waals surface area contributed by atoms with E-state index < -0.39 is 0 Å². The fraction of sp³-hybridized carbons (Fsp3) is 0.696. The van der Waals surface area contributed by atoms with Crippen LogP contribution >= 0.6 is 24.0 Å². The highest BCUT2D eigenvalue weighted by Gasteiger charge is 2.22. The summed E-state index contributed by atoms with van der Waals surface area (Å²) in [5, 5.41) is 6.90. The highest BCUT2D eigenvalue weighted by atomic mass is 127. The van der Waals surface area contributed by atoms with Crippen LogP contribution in [0.4, 0.5) is 0 Å². The lowest BCUT2D eigenvalue weighted by Crippen LogP contribution is -2.40. The number of hydrogen-bond acceptors (Lipinski definition) is 4. The molecule has 0 aromatic heterocycles. The third-order valence-electron chi connectivity index (χ3n) is 5.85. The van der Waals surface area contributed by atoms with Crippen LogP contribution in [-0.2, 0) is 15.9 Å². The molecule has 7 heteroatoms. The van der Waals surface area contributed by atoms with Gasteiger partial charge in [-0.1, -0.05) is 30.3 Å². The number of guanidine groups is 1. The largest absolute Gasteiger partial charge is 0.381 e. The topological polar surface area (TPSA) is 58.1 Å². The zero-order chi connectivity index (χ0) is 20.2. The smallest absolute Gasteiger partial charge is 0.190 e. The number of aliphatic imine (C=N–C) groups is 1. The minimum Gasteiger partial charge on any atom is -0.381 e. The quantitative estimate of drug-likeness (QED) is 0.200. The molecule has 0 bridgehead atoms. The van der Waals surface area contributed by atoms with Gasteiger partial charge in [0, 0.05) is 52.4 Å². The molecule has 1 aromatic rings. The van der Waals surface area contributed by atoms with Crippen molar-refractivity contribution in [2.24, 2.45) is 16.8 Å². The van der Waals surface area contributed by atoms with Crippen LogP contribution in [-0.4, -0.2) is 77.1 Å². The Hall–Kier alpha value is -0.900. The lowest BCUT2D eigenvalue weighted by molar-refractivity contribution is 0.0888. The molecule has 2 fully saturated rings. The van der Waals surface area contributed by atoms with E-state index in [1.165, 1.54) is 25.1 Å². The molecule has 30 heavy (non-hydrogen) atoms. The number of halogens is 1. The summed E-state index contributed by atoms with van der Waals surface area (Å²) >= 11 is 0. The van der Waals surface area contributed by atoms with Crippen molar-refractivity contribution in [1.82, 2.24) is 15.5 Å². The standard InChI is InChI=1S/C23H38N4O2.HI/c1-24-23(25-11-5-14-28-18-22-10-15-29-19-22)26-16-21-9-13-27(17-21)12-8-20-6-3-2-4-7-20;/h2-4,6-7,21-22H,5,8-19H2,1H3,(H2,24,25,26);1H. The molecule has 2 unspecified atom stereocenters. The summed E-state index contributed by atoms with van der Waals surface area (Å²) in [6, 6.07) is 10.8. The van der Waals surface area contributed by atoms with Gasteiger partial charge in [0.1, 0.15) is 0 Å². The Balaban J connectivity index is 0.00000320. The molecular weight excluding hydrogens is 491 g/mol. The van der Waals surface area contributed by atoms with Gasteiger partial charge >= 0.3 is 0 Å². The molecule has 0 radical (unpaired) electrons. The van der Waals surface area contributed by atoms with Crippen LogP contribution in [0.2, 0.25) is 0 Å². The van der Waals surface area contributed by atoms with Crippen LogP contribution in [0.5, 0.6) is 0 Å². The first kappa shape index (κ1) is 25.4. The highest BCUT2D eigenvalue weighted by Crippen LogP contribution is 2.16. The van der Waals surface area contributed by atoms with Gasteiger partial charge in [-0.3, -0.25) is 4.99 Å². The van der Waals surface area contributed by atoms with Crippen LogP contribution in [0, 0.1) is 11.8 Å². The van der Waals surface area contributed by atoms with E-state index in [9.17, 15) is 0 Å². The molecule has 0 saturated carbocycles. The van der Waals surface area contributed by atoms with Crippen LogP contribution < -0.4 is 10.6 Å². The van der Waals surface area contributed by atoms with Gasteiger partial charge in [-0.15, -0.1) is 24.0 Å². The van der Waals surface area contributed by atoms with Crippen molar-refractivity contribution in [3.63, 3.8) is 0 Å². The molecule has 1 aromatic carbocycles. The zero-order valence-electron chi connectivity index (χ0n) is 18.4. The molecular formula is C23H39IN4O2. The Morgan fingerprint density at radius 2 is 2.07 bits per heavy atom. The molecule has 2 aliphatic rings. The number of nitrogens with one attached hydrogen (secondary N) is 2. The number of nitrogens with zero attached hydrogens (tertiary/aromatic N) is 2. The maximum atomic E-state index is 5.76. The maximum absolute atomic E-state index is 5.76. The van der Waals surface area contributed by atoms with E-state index in [-0.39, 0.29) is 24.0 Å². The first-order valence-electron chi connectivity index (χ1n) is 11.2. The van der Waals surface area contributed by atoms with Gasteiger partial charge in [-0.05, 0) is 43.7 Å². The molecule has 2 aliphatic heterocycles. The van der Waals surface area contributed by atoms with Gasteiger partial charge in [-0.25, -0.2) is 0 Å². The second-order valence-electron chi connectivity index (χ2n) is 8.23. The molecule has 0 amide bonds. The van der Waals surface area contributed by atoms with Gasteiger partial charge < -0.3 is 25.0 Å². The summed E-state index contributed by atoms with van der Waals surface area (Å²) in [5.74, 6) is 2.19. The summed E-state index contributed by atoms with van der Waals surface area (Å²) in [6.07, 6.45) is 4.53. The van der Waals surface area contributed by atoms with E-state index in [0.717, 1.165) is 71.3 Å². The van der Waals surface area contributed by atoms with Crippen molar-refractivity contribution in [2.75, 3.05) is 66.2 Å². The molecule has 6 nitrogen and oxygen atoms in total. The van der Waals surface area contributed by atoms with Gasteiger partial charge in [-0.2, -0.15) is 0 Å². The van der Waals surface area contributed by atoms with Crippen LogP contribution in [0.25, 0.3) is 0 Å². The Bertz CT molecular complexity index is 596. The van der Waals surface area contributed by atoms with E-state index in [1.807, 2.05) is 7.05 Å². The molecule has 170 valence electrons. The average molecular weight is 530 g/mol. The van der Waals surface area contributed by atoms with Crippen LogP contribution in [0.15, 0.2) is 35.3 Å². The number of hydrogen-bond donors (Lipinski definition) is 2. The van der Waals surface area contributed by atoms with Gasteiger partial charge in [0.15, 0.2) is 5.96 Å². The second-order valence-corrected chi connectivity index (χ2v) is 8.23. The summed E-state index contributed by atoms with van der Waals surface area (Å²) in [5.41, 5.74) is 1.43. The number of benzene rings is 1. The summed E-state index contributed by atoms with van der Waals surface area (Å²) in [4.78, 5) is 6.93. The number of likely N-dealkylation sites (tertiary alicyclic amines) is 1. The normalized spacial score (nSPS) is 22.1. The third kappa shape index (κ3) is 9.49. The van der Waals surface area contributed by atoms with Gasteiger partial charge in [0.25, 0.3) is 0 Å². The van der Waals surface area contributed by atoms with Crippen molar-refractivity contribution in [2.45, 2.75) is 25.7 Å². The van der Waals surface area contributed by atoms with E-state index in [4.69, 9.17) is 9.47 Å². The Kier molecular flexibility index (Phi) is 12.7. The van der Waals surface area contributed by atoms with E-state index in [2.05, 4.69) is 50.9 Å². The molecule has 2 heterocycles. The molecule has 2 N–H and O–H groups in total. The van der Waals surface area contributed by atoms with Gasteiger partial charge in [0.05, 0.1) is 13.2 Å². The van der Waals surface area contributed by atoms with Crippen LogP contribution in [0.1, 0.15) is 24.8 Å². The minimum atomic E-state index is 0. The molecule has 2 atom stereocenters. The molecule has 0 aliphatic carbocycles. The fourth-order valence-corrected chi connectivity index (χ4v) is 4.02. The van der Waals surface area contributed by atoms with Crippen molar-refractivity contribution < 1.29 is 9.47 Å². The predicted molar refractivity (Wildman–Crippen MR) is 134 cm³/mol. The first-order chi connectivity index (χ1) is 14.3. The summed E-state index contributed by atoms with van der Waals surface area (Å²) in [7, 11) is 1.84. The Labute approximate surface area is 199 Å². The average Bonchev–Trinajstić information content (AvgIpc) is 3.44. The molecule has 3 rings (SSSR count). The highest BCUT2D eigenvalue weighted by molar-refractivity contribution is 14.0. The SMILES string of the molecule is CN=C(NCCCOCC1CCOC1)NCC1CCN(CCc2ccccc2)C1.I. The van der Waals surface area contributed by atoms with Crippen LogP contribution in [0.3, 0.4) is 0 Å². The van der Waals surface area contributed by atoms with E-state index in [0.29, 0.717) is 11.8 Å². The monoisotopic (exact) mass is 530 g/mol. The van der Waals surface area contributed by atoms with Gasteiger partial charge in [0.2, 0.25) is 0 Å². The molecule has 0 spiro atoms. The summed E-state index contributed by atoms with van der Waals surface area (Å²) < 4.78 is 11.1.